The summed E-state index contributed by atoms with van der Waals surface area (Å²) < 4.78 is 1.01. The summed E-state index contributed by atoms with van der Waals surface area (Å²) in [6.45, 7) is 4.31. The van der Waals surface area contributed by atoms with Crippen LogP contribution in [0.15, 0.2) is 27.8 Å². The summed E-state index contributed by atoms with van der Waals surface area (Å²) in [6, 6.07) is 5.85. The number of amidine groups is 1. The van der Waals surface area contributed by atoms with Crippen LogP contribution in [0.1, 0.15) is 31.7 Å². The molecule has 0 saturated carbocycles. The van der Waals surface area contributed by atoms with Crippen LogP contribution in [0, 0.1) is 5.92 Å². The van der Waals surface area contributed by atoms with Crippen LogP contribution in [0.25, 0.3) is 0 Å². The van der Waals surface area contributed by atoms with Gasteiger partial charge in [0.1, 0.15) is 0 Å². The van der Waals surface area contributed by atoms with Crippen LogP contribution in [0.2, 0.25) is 0 Å². The van der Waals surface area contributed by atoms with Crippen molar-refractivity contribution in [2.45, 2.75) is 26.2 Å². The van der Waals surface area contributed by atoms with Gasteiger partial charge < -0.3 is 15.8 Å². The van der Waals surface area contributed by atoms with Gasteiger partial charge in [-0.05, 0) is 37.0 Å². The molecule has 3 N–H and O–H groups in total. The fourth-order valence-electron chi connectivity index (χ4n) is 2.73. The monoisotopic (exact) mass is 325 g/mol. The van der Waals surface area contributed by atoms with Crippen molar-refractivity contribution < 1.29 is 5.21 Å². The Morgan fingerprint density at radius 1 is 1.58 bits per heavy atom. The third-order valence-electron chi connectivity index (χ3n) is 3.67. The molecular formula is C14H20BrN3O. The highest BCUT2D eigenvalue weighted by Gasteiger charge is 2.24. The second kappa shape index (κ2) is 6.28. The number of nitrogens with two attached hydrogens (primary N) is 1. The van der Waals surface area contributed by atoms with Crippen molar-refractivity contribution in [1.29, 1.82) is 0 Å². The van der Waals surface area contributed by atoms with Gasteiger partial charge in [0.15, 0.2) is 5.84 Å². The molecule has 0 aromatic heterocycles. The van der Waals surface area contributed by atoms with E-state index in [0.717, 1.165) is 34.7 Å². The Bertz CT molecular complexity index is 476. The van der Waals surface area contributed by atoms with Gasteiger partial charge in [-0.1, -0.05) is 34.4 Å². The fraction of sp³-hybridized carbons (Fsp3) is 0.500. The topological polar surface area (TPSA) is 61.8 Å². The number of hydrogen-bond donors (Lipinski definition) is 2. The van der Waals surface area contributed by atoms with E-state index in [1.165, 1.54) is 19.3 Å². The predicted octanol–water partition coefficient (Wildman–Crippen LogP) is 3.17. The van der Waals surface area contributed by atoms with Gasteiger partial charge >= 0.3 is 0 Å². The normalized spacial score (nSPS) is 20.0. The molecule has 1 aromatic carbocycles. The Morgan fingerprint density at radius 3 is 3.05 bits per heavy atom. The first-order valence-electron chi connectivity index (χ1n) is 6.68. The minimum absolute atomic E-state index is 0.168. The van der Waals surface area contributed by atoms with Crippen molar-refractivity contribution in [3.05, 3.63) is 28.2 Å². The van der Waals surface area contributed by atoms with Gasteiger partial charge in [0.2, 0.25) is 0 Å². The zero-order valence-corrected chi connectivity index (χ0v) is 12.7. The molecule has 1 heterocycles. The summed E-state index contributed by atoms with van der Waals surface area (Å²) in [7, 11) is 0. The van der Waals surface area contributed by atoms with Gasteiger partial charge in [-0.2, -0.15) is 0 Å². The van der Waals surface area contributed by atoms with E-state index in [2.05, 4.69) is 32.9 Å². The number of hydrogen-bond acceptors (Lipinski definition) is 3. The molecule has 104 valence electrons. The molecule has 0 radical (unpaired) electrons. The molecular weight excluding hydrogens is 306 g/mol. The fourth-order valence-corrected chi connectivity index (χ4v) is 3.08. The van der Waals surface area contributed by atoms with E-state index in [1.807, 2.05) is 18.2 Å². The van der Waals surface area contributed by atoms with Crippen LogP contribution in [0.5, 0.6) is 0 Å². The van der Waals surface area contributed by atoms with E-state index in [4.69, 9.17) is 10.9 Å². The minimum Gasteiger partial charge on any atom is -0.409 e. The highest BCUT2D eigenvalue weighted by molar-refractivity contribution is 9.10. The van der Waals surface area contributed by atoms with Gasteiger partial charge in [-0.15, -0.1) is 0 Å². The predicted molar refractivity (Wildman–Crippen MR) is 81.9 cm³/mol. The molecule has 0 amide bonds. The Morgan fingerprint density at radius 2 is 2.37 bits per heavy atom. The first-order valence-corrected chi connectivity index (χ1v) is 7.47. The van der Waals surface area contributed by atoms with Crippen LogP contribution in [-0.4, -0.2) is 24.1 Å². The van der Waals surface area contributed by atoms with Gasteiger partial charge in [0, 0.05) is 28.8 Å². The minimum atomic E-state index is 0.168. The van der Waals surface area contributed by atoms with Crippen LogP contribution in [-0.2, 0) is 0 Å². The molecule has 0 spiro atoms. The molecule has 1 atom stereocenters. The Labute approximate surface area is 122 Å². The molecule has 1 aliphatic rings. The maximum Gasteiger partial charge on any atom is 0.172 e. The summed E-state index contributed by atoms with van der Waals surface area (Å²) >= 11 is 3.49. The Hall–Kier alpha value is -1.23. The van der Waals surface area contributed by atoms with E-state index in [9.17, 15) is 0 Å². The van der Waals surface area contributed by atoms with Gasteiger partial charge in [-0.3, -0.25) is 0 Å². The van der Waals surface area contributed by atoms with E-state index < -0.39 is 0 Å². The van der Waals surface area contributed by atoms with Crippen molar-refractivity contribution in [2.75, 3.05) is 18.0 Å². The Balaban J connectivity index is 2.26. The highest BCUT2D eigenvalue weighted by Crippen LogP contribution is 2.31. The van der Waals surface area contributed by atoms with E-state index in [0.29, 0.717) is 0 Å². The van der Waals surface area contributed by atoms with Crippen molar-refractivity contribution >= 4 is 27.5 Å². The standard InChI is InChI=1S/C14H20BrN3O/c1-2-3-10-6-7-18(9-10)13-8-11(15)4-5-12(13)14(16)17-19/h4-5,8,10,19H,2-3,6-7,9H2,1H3,(H2,16,17). The van der Waals surface area contributed by atoms with Crippen LogP contribution in [0.3, 0.4) is 0 Å². The number of oxime groups is 1. The number of rotatable bonds is 4. The van der Waals surface area contributed by atoms with E-state index >= 15 is 0 Å². The first-order chi connectivity index (χ1) is 9.15. The molecule has 1 aliphatic heterocycles. The second-order valence-electron chi connectivity index (χ2n) is 5.04. The maximum atomic E-state index is 8.89. The smallest absolute Gasteiger partial charge is 0.172 e. The molecule has 1 fully saturated rings. The third kappa shape index (κ3) is 3.21. The summed E-state index contributed by atoms with van der Waals surface area (Å²) in [5.41, 5.74) is 7.60. The molecule has 2 rings (SSSR count). The zero-order valence-electron chi connectivity index (χ0n) is 11.1. The second-order valence-corrected chi connectivity index (χ2v) is 5.95. The molecule has 5 heteroatoms. The number of anilines is 1. The van der Waals surface area contributed by atoms with Crippen LogP contribution < -0.4 is 10.6 Å². The molecule has 1 unspecified atom stereocenters. The number of nitrogens with zero attached hydrogens (tertiary/aromatic N) is 2. The quantitative estimate of drug-likeness (QED) is 0.387. The largest absolute Gasteiger partial charge is 0.409 e. The van der Waals surface area contributed by atoms with Crippen molar-refractivity contribution in [3.8, 4) is 0 Å². The van der Waals surface area contributed by atoms with Crippen molar-refractivity contribution in [1.82, 2.24) is 0 Å². The molecule has 1 aromatic rings. The number of halogens is 1. The van der Waals surface area contributed by atoms with Crippen molar-refractivity contribution in [2.24, 2.45) is 16.8 Å². The lowest BCUT2D eigenvalue weighted by atomic mass is 10.0. The average Bonchev–Trinajstić information content (AvgIpc) is 2.87. The average molecular weight is 326 g/mol. The SMILES string of the molecule is CCCC1CCN(c2cc(Br)ccc2/C(N)=N/O)C1. The van der Waals surface area contributed by atoms with E-state index in [1.54, 1.807) is 0 Å². The molecule has 0 bridgehead atoms. The van der Waals surface area contributed by atoms with Gasteiger partial charge in [0.05, 0.1) is 0 Å². The molecule has 19 heavy (non-hydrogen) atoms. The Kier molecular flexibility index (Phi) is 4.69. The maximum absolute atomic E-state index is 8.89. The molecule has 4 nitrogen and oxygen atoms in total. The van der Waals surface area contributed by atoms with Gasteiger partial charge in [0.25, 0.3) is 0 Å². The zero-order chi connectivity index (χ0) is 13.8. The molecule has 0 aliphatic carbocycles. The van der Waals surface area contributed by atoms with Crippen LogP contribution in [0.4, 0.5) is 5.69 Å². The van der Waals surface area contributed by atoms with Crippen LogP contribution >= 0.6 is 15.9 Å². The van der Waals surface area contributed by atoms with Crippen molar-refractivity contribution in [3.63, 3.8) is 0 Å². The lowest BCUT2D eigenvalue weighted by Gasteiger charge is -2.22. The first kappa shape index (κ1) is 14.2. The van der Waals surface area contributed by atoms with Gasteiger partial charge in [-0.25, -0.2) is 0 Å². The third-order valence-corrected chi connectivity index (χ3v) is 4.16. The number of benzene rings is 1. The lowest BCUT2D eigenvalue weighted by molar-refractivity contribution is 0.318. The lowest BCUT2D eigenvalue weighted by Crippen LogP contribution is -2.24. The summed E-state index contributed by atoms with van der Waals surface area (Å²) in [5, 5.41) is 12.0. The highest BCUT2D eigenvalue weighted by atomic mass is 79.9. The summed E-state index contributed by atoms with van der Waals surface area (Å²) in [4.78, 5) is 2.33. The molecule has 1 saturated heterocycles. The summed E-state index contributed by atoms with van der Waals surface area (Å²) in [5.74, 6) is 0.922. The summed E-state index contributed by atoms with van der Waals surface area (Å²) in [6.07, 6.45) is 3.71. The van der Waals surface area contributed by atoms with E-state index in [-0.39, 0.29) is 5.84 Å².